The molecule has 0 radical (unpaired) electrons. The van der Waals surface area contributed by atoms with Gasteiger partial charge in [-0.05, 0) is 18.4 Å². The Kier molecular flexibility index (Phi) is 4.77. The molecule has 27 heavy (non-hydrogen) atoms. The van der Waals surface area contributed by atoms with E-state index in [0.717, 1.165) is 24.0 Å². The Bertz CT molecular complexity index is 898. The van der Waals surface area contributed by atoms with Crippen molar-refractivity contribution in [3.8, 4) is 11.3 Å². The number of likely N-dealkylation sites (tertiary alicyclic amines) is 1. The summed E-state index contributed by atoms with van der Waals surface area (Å²) in [5.74, 6) is 0.505. The Labute approximate surface area is 158 Å². The maximum absolute atomic E-state index is 12.8. The third-order valence-corrected chi connectivity index (χ3v) is 5.34. The zero-order chi connectivity index (χ0) is 18.7. The molecule has 0 bridgehead atoms. The standard InChI is InChI=1S/C22H22N2O3/c1-26-22(18-10-6-3-7-11-18)12-14-24(15-13-22)21(25)19-16-20(27-23-19)17-8-4-2-5-9-17/h2-11,16H,12-15H2,1H3. The minimum Gasteiger partial charge on any atom is -0.373 e. The van der Waals surface area contributed by atoms with Gasteiger partial charge in [0.25, 0.3) is 5.91 Å². The molecule has 2 aromatic carbocycles. The van der Waals surface area contributed by atoms with Crippen LogP contribution in [0.1, 0.15) is 28.9 Å². The van der Waals surface area contributed by atoms with Crippen LogP contribution in [-0.4, -0.2) is 36.2 Å². The first-order valence-corrected chi connectivity index (χ1v) is 9.14. The van der Waals surface area contributed by atoms with E-state index < -0.39 is 0 Å². The number of amides is 1. The number of nitrogens with zero attached hydrogens (tertiary/aromatic N) is 2. The summed E-state index contributed by atoms with van der Waals surface area (Å²) in [6.07, 6.45) is 1.51. The second-order valence-corrected chi connectivity index (χ2v) is 6.80. The molecule has 1 aromatic heterocycles. The van der Waals surface area contributed by atoms with Gasteiger partial charge < -0.3 is 14.2 Å². The van der Waals surface area contributed by atoms with Crippen LogP contribution in [0.5, 0.6) is 0 Å². The predicted octanol–water partition coefficient (Wildman–Crippen LogP) is 4.12. The number of aromatic nitrogens is 1. The molecule has 0 unspecified atom stereocenters. The second kappa shape index (κ2) is 7.37. The molecule has 0 spiro atoms. The van der Waals surface area contributed by atoms with Gasteiger partial charge in [0.15, 0.2) is 11.5 Å². The van der Waals surface area contributed by atoms with Crippen molar-refractivity contribution in [1.29, 1.82) is 0 Å². The molecule has 1 amide bonds. The Morgan fingerprint density at radius 3 is 2.30 bits per heavy atom. The lowest BCUT2D eigenvalue weighted by Gasteiger charge is -2.41. The molecule has 0 saturated carbocycles. The minimum absolute atomic E-state index is 0.0984. The van der Waals surface area contributed by atoms with Gasteiger partial charge in [-0.3, -0.25) is 4.79 Å². The number of carbonyl (C=O) groups excluding carboxylic acids is 1. The zero-order valence-electron chi connectivity index (χ0n) is 15.3. The molecule has 0 N–H and O–H groups in total. The highest BCUT2D eigenvalue weighted by Crippen LogP contribution is 2.36. The molecular weight excluding hydrogens is 340 g/mol. The highest BCUT2D eigenvalue weighted by Gasteiger charge is 2.38. The zero-order valence-corrected chi connectivity index (χ0v) is 15.3. The molecule has 1 aliphatic rings. The van der Waals surface area contributed by atoms with Crippen LogP contribution >= 0.6 is 0 Å². The minimum atomic E-state index is -0.336. The van der Waals surface area contributed by atoms with Crippen molar-refractivity contribution in [2.45, 2.75) is 18.4 Å². The number of methoxy groups -OCH3 is 1. The van der Waals surface area contributed by atoms with E-state index in [1.165, 1.54) is 0 Å². The number of rotatable bonds is 4. The fourth-order valence-corrected chi connectivity index (χ4v) is 3.70. The van der Waals surface area contributed by atoms with E-state index in [1.807, 2.05) is 53.4 Å². The second-order valence-electron chi connectivity index (χ2n) is 6.80. The molecule has 1 aliphatic heterocycles. The first-order chi connectivity index (χ1) is 13.2. The summed E-state index contributed by atoms with van der Waals surface area (Å²) in [6.45, 7) is 1.24. The molecule has 5 nitrogen and oxygen atoms in total. The van der Waals surface area contributed by atoms with Crippen molar-refractivity contribution in [2.24, 2.45) is 0 Å². The number of benzene rings is 2. The summed E-state index contributed by atoms with van der Waals surface area (Å²) in [6, 6.07) is 21.6. The van der Waals surface area contributed by atoms with Crippen LogP contribution in [0.2, 0.25) is 0 Å². The van der Waals surface area contributed by atoms with E-state index >= 15 is 0 Å². The Morgan fingerprint density at radius 1 is 1.04 bits per heavy atom. The summed E-state index contributed by atoms with van der Waals surface area (Å²) in [7, 11) is 1.74. The highest BCUT2D eigenvalue weighted by atomic mass is 16.5. The SMILES string of the molecule is COC1(c2ccccc2)CCN(C(=O)c2cc(-c3ccccc3)on2)CC1. The normalized spacial score (nSPS) is 16.3. The number of ether oxygens (including phenoxy) is 1. The summed E-state index contributed by atoms with van der Waals surface area (Å²) < 4.78 is 11.3. The summed E-state index contributed by atoms with van der Waals surface area (Å²) in [4.78, 5) is 14.7. The lowest BCUT2D eigenvalue weighted by Crippen LogP contribution is -2.46. The van der Waals surface area contributed by atoms with Gasteiger partial charge in [0, 0.05) is 31.8 Å². The first kappa shape index (κ1) is 17.5. The molecule has 138 valence electrons. The van der Waals surface area contributed by atoms with Crippen LogP contribution < -0.4 is 0 Å². The van der Waals surface area contributed by atoms with Crippen LogP contribution in [0.3, 0.4) is 0 Å². The van der Waals surface area contributed by atoms with Gasteiger partial charge in [-0.2, -0.15) is 0 Å². The van der Waals surface area contributed by atoms with Crippen LogP contribution in [0.25, 0.3) is 11.3 Å². The maximum atomic E-state index is 12.8. The molecule has 3 aromatic rings. The van der Waals surface area contributed by atoms with Crippen molar-refractivity contribution in [3.63, 3.8) is 0 Å². The van der Waals surface area contributed by atoms with Gasteiger partial charge in [-0.25, -0.2) is 0 Å². The van der Waals surface area contributed by atoms with Crippen molar-refractivity contribution in [2.75, 3.05) is 20.2 Å². The fourth-order valence-electron chi connectivity index (χ4n) is 3.70. The van der Waals surface area contributed by atoms with E-state index in [4.69, 9.17) is 9.26 Å². The van der Waals surface area contributed by atoms with Crippen molar-refractivity contribution in [1.82, 2.24) is 10.1 Å². The van der Waals surface area contributed by atoms with Gasteiger partial charge in [-0.1, -0.05) is 65.8 Å². The molecular formula is C22H22N2O3. The average Bonchev–Trinajstić information content (AvgIpc) is 3.25. The Morgan fingerprint density at radius 2 is 1.67 bits per heavy atom. The van der Waals surface area contributed by atoms with E-state index in [2.05, 4.69) is 17.3 Å². The molecule has 4 rings (SSSR count). The number of piperidine rings is 1. The van der Waals surface area contributed by atoms with Gasteiger partial charge in [0.1, 0.15) is 0 Å². The van der Waals surface area contributed by atoms with Gasteiger partial charge >= 0.3 is 0 Å². The smallest absolute Gasteiger partial charge is 0.276 e. The Hall–Kier alpha value is -2.92. The third kappa shape index (κ3) is 3.38. The van der Waals surface area contributed by atoms with E-state index in [1.54, 1.807) is 13.2 Å². The molecule has 1 fully saturated rings. The molecule has 0 atom stereocenters. The van der Waals surface area contributed by atoms with Crippen LogP contribution in [0.4, 0.5) is 0 Å². The summed E-state index contributed by atoms with van der Waals surface area (Å²) in [5.41, 5.74) is 2.08. The molecule has 5 heteroatoms. The van der Waals surface area contributed by atoms with Crippen LogP contribution in [0.15, 0.2) is 71.3 Å². The Balaban J connectivity index is 1.47. The fraction of sp³-hybridized carbons (Fsp3) is 0.273. The first-order valence-electron chi connectivity index (χ1n) is 9.14. The molecule has 2 heterocycles. The number of carbonyl (C=O) groups is 1. The van der Waals surface area contributed by atoms with E-state index in [-0.39, 0.29) is 11.5 Å². The summed E-state index contributed by atoms with van der Waals surface area (Å²) in [5, 5.41) is 3.98. The highest BCUT2D eigenvalue weighted by molar-refractivity contribution is 5.93. The molecule has 0 aliphatic carbocycles. The van der Waals surface area contributed by atoms with Gasteiger partial charge in [0.2, 0.25) is 0 Å². The van der Waals surface area contributed by atoms with Gasteiger partial charge in [-0.15, -0.1) is 0 Å². The average molecular weight is 362 g/mol. The third-order valence-electron chi connectivity index (χ3n) is 5.34. The topological polar surface area (TPSA) is 55.6 Å². The van der Waals surface area contributed by atoms with E-state index in [9.17, 15) is 4.79 Å². The van der Waals surface area contributed by atoms with Crippen LogP contribution in [0, 0.1) is 0 Å². The maximum Gasteiger partial charge on any atom is 0.276 e. The quantitative estimate of drug-likeness (QED) is 0.701. The number of hydrogen-bond acceptors (Lipinski definition) is 4. The van der Waals surface area contributed by atoms with E-state index in [0.29, 0.717) is 24.5 Å². The van der Waals surface area contributed by atoms with Crippen molar-refractivity contribution >= 4 is 5.91 Å². The number of hydrogen-bond donors (Lipinski definition) is 0. The largest absolute Gasteiger partial charge is 0.373 e. The summed E-state index contributed by atoms with van der Waals surface area (Å²) >= 11 is 0. The predicted molar refractivity (Wildman–Crippen MR) is 102 cm³/mol. The van der Waals surface area contributed by atoms with Crippen molar-refractivity contribution < 1.29 is 14.1 Å². The molecule has 1 saturated heterocycles. The van der Waals surface area contributed by atoms with Crippen molar-refractivity contribution in [3.05, 3.63) is 78.0 Å². The lowest BCUT2D eigenvalue weighted by atomic mass is 9.84. The lowest BCUT2D eigenvalue weighted by molar-refractivity contribution is -0.0575. The monoisotopic (exact) mass is 362 g/mol. The van der Waals surface area contributed by atoms with Gasteiger partial charge in [0.05, 0.1) is 5.60 Å². The van der Waals surface area contributed by atoms with Crippen LogP contribution in [-0.2, 0) is 10.3 Å².